The van der Waals surface area contributed by atoms with Gasteiger partial charge in [0.05, 0.1) is 6.54 Å². The Balaban J connectivity index is 2.62. The Morgan fingerprint density at radius 2 is 2.00 bits per heavy atom. The van der Waals surface area contributed by atoms with Crippen LogP contribution in [0.2, 0.25) is 0 Å². The minimum absolute atomic E-state index is 0.159. The van der Waals surface area contributed by atoms with Crippen molar-refractivity contribution in [1.82, 2.24) is 10.2 Å². The molecule has 0 aliphatic carbocycles. The molecule has 1 rings (SSSR count). The Kier molecular flexibility index (Phi) is 5.52. The van der Waals surface area contributed by atoms with Crippen molar-refractivity contribution in [2.75, 3.05) is 13.6 Å². The average molecular weight is 278 g/mol. The first-order valence-electron chi connectivity index (χ1n) is 6.01. The van der Waals surface area contributed by atoms with Crippen molar-refractivity contribution in [2.45, 2.75) is 12.5 Å². The molecule has 1 atom stereocenters. The van der Waals surface area contributed by atoms with Crippen LogP contribution in [0.1, 0.15) is 5.56 Å². The predicted octanol–water partition coefficient (Wildman–Crippen LogP) is -0.376. The second kappa shape index (κ2) is 7.13. The van der Waals surface area contributed by atoms with Crippen LogP contribution in [0.3, 0.4) is 0 Å². The maximum absolute atomic E-state index is 11.7. The fraction of sp³-hybridized carbons (Fsp3) is 0.308. The Bertz CT molecular complexity index is 490. The summed E-state index contributed by atoms with van der Waals surface area (Å²) in [5.74, 6) is -1.85. The monoisotopic (exact) mass is 278 g/mol. The predicted molar refractivity (Wildman–Crippen MR) is 74.3 cm³/mol. The highest BCUT2D eigenvalue weighted by molar-refractivity contribution is 5.87. The topological polar surface area (TPSA) is 120 Å². The van der Waals surface area contributed by atoms with Crippen molar-refractivity contribution < 1.29 is 14.7 Å². The smallest absolute Gasteiger partial charge is 0.326 e. The minimum atomic E-state index is -1.10. The first-order valence-corrected chi connectivity index (χ1v) is 6.01. The van der Waals surface area contributed by atoms with Gasteiger partial charge in [-0.05, 0) is 5.56 Å². The first-order chi connectivity index (χ1) is 9.40. The molecule has 0 bridgehead atoms. The lowest BCUT2D eigenvalue weighted by Gasteiger charge is -2.19. The van der Waals surface area contributed by atoms with Gasteiger partial charge in [0.1, 0.15) is 6.04 Å². The molecular weight excluding hydrogens is 260 g/mol. The summed E-state index contributed by atoms with van der Waals surface area (Å²) in [6.07, 6.45) is 0.200. The molecule has 1 amide bonds. The molecule has 0 aromatic heterocycles. The van der Waals surface area contributed by atoms with Crippen molar-refractivity contribution in [3.63, 3.8) is 0 Å². The number of carboxylic acid groups (broad SMARTS) is 1. The van der Waals surface area contributed by atoms with E-state index < -0.39 is 17.9 Å². The van der Waals surface area contributed by atoms with Gasteiger partial charge < -0.3 is 21.1 Å². The van der Waals surface area contributed by atoms with Gasteiger partial charge in [0.15, 0.2) is 5.96 Å². The van der Waals surface area contributed by atoms with Crippen LogP contribution < -0.4 is 11.1 Å². The Labute approximate surface area is 116 Å². The third-order valence-corrected chi connectivity index (χ3v) is 2.71. The maximum Gasteiger partial charge on any atom is 0.326 e. The van der Waals surface area contributed by atoms with Crippen LogP contribution in [0.25, 0.3) is 0 Å². The molecular formula is C13H18N4O3. The number of benzene rings is 1. The van der Waals surface area contributed by atoms with Gasteiger partial charge in [-0.3, -0.25) is 10.2 Å². The van der Waals surface area contributed by atoms with E-state index >= 15 is 0 Å². The van der Waals surface area contributed by atoms with Gasteiger partial charge >= 0.3 is 5.97 Å². The number of carbonyl (C=O) groups excluding carboxylic acids is 1. The maximum atomic E-state index is 11.7. The second-order valence-electron chi connectivity index (χ2n) is 4.39. The van der Waals surface area contributed by atoms with Crippen molar-refractivity contribution in [1.29, 1.82) is 5.41 Å². The highest BCUT2D eigenvalue weighted by Gasteiger charge is 2.21. The molecule has 108 valence electrons. The van der Waals surface area contributed by atoms with Gasteiger partial charge in [-0.2, -0.15) is 0 Å². The zero-order valence-corrected chi connectivity index (χ0v) is 11.2. The zero-order chi connectivity index (χ0) is 15.1. The van der Waals surface area contributed by atoms with E-state index in [9.17, 15) is 9.59 Å². The van der Waals surface area contributed by atoms with Gasteiger partial charge in [-0.15, -0.1) is 0 Å². The minimum Gasteiger partial charge on any atom is -0.480 e. The van der Waals surface area contributed by atoms with Gasteiger partial charge in [0, 0.05) is 13.5 Å². The van der Waals surface area contributed by atoms with E-state index in [0.717, 1.165) is 5.56 Å². The third kappa shape index (κ3) is 4.97. The number of likely N-dealkylation sites (N-methyl/N-ethyl adjacent to an activating group) is 1. The summed E-state index contributed by atoms with van der Waals surface area (Å²) < 4.78 is 0. The van der Waals surface area contributed by atoms with E-state index in [2.05, 4.69) is 5.32 Å². The molecule has 0 saturated heterocycles. The molecule has 7 heteroatoms. The van der Waals surface area contributed by atoms with Crippen molar-refractivity contribution in [3.8, 4) is 0 Å². The number of carboxylic acids is 1. The van der Waals surface area contributed by atoms with E-state index in [1.807, 2.05) is 6.07 Å². The molecule has 0 fully saturated rings. The molecule has 0 aliphatic heterocycles. The van der Waals surface area contributed by atoms with Crippen LogP contribution in [0.5, 0.6) is 0 Å². The highest BCUT2D eigenvalue weighted by atomic mass is 16.4. The van der Waals surface area contributed by atoms with Gasteiger partial charge in [-0.1, -0.05) is 30.3 Å². The van der Waals surface area contributed by atoms with Crippen molar-refractivity contribution in [2.24, 2.45) is 5.73 Å². The summed E-state index contributed by atoms with van der Waals surface area (Å²) in [5, 5.41) is 18.7. The third-order valence-electron chi connectivity index (χ3n) is 2.71. The molecule has 0 heterocycles. The quantitative estimate of drug-likeness (QED) is 0.418. The number of nitrogens with one attached hydrogen (secondary N) is 2. The number of carbonyl (C=O) groups is 2. The number of rotatable bonds is 6. The van der Waals surface area contributed by atoms with Gasteiger partial charge in [0.2, 0.25) is 5.91 Å². The molecule has 20 heavy (non-hydrogen) atoms. The van der Waals surface area contributed by atoms with Crippen LogP contribution in [0.4, 0.5) is 0 Å². The molecule has 0 radical (unpaired) electrons. The Morgan fingerprint density at radius 1 is 1.40 bits per heavy atom. The van der Waals surface area contributed by atoms with Crippen LogP contribution in [0.15, 0.2) is 30.3 Å². The summed E-state index contributed by atoms with van der Waals surface area (Å²) in [6.45, 7) is -0.159. The van der Waals surface area contributed by atoms with E-state index in [1.54, 1.807) is 24.3 Å². The molecule has 0 aliphatic rings. The molecule has 7 nitrogen and oxygen atoms in total. The van der Waals surface area contributed by atoms with Crippen LogP contribution in [0, 0.1) is 5.41 Å². The Morgan fingerprint density at radius 3 is 2.50 bits per heavy atom. The van der Waals surface area contributed by atoms with Gasteiger partial charge in [-0.25, -0.2) is 4.79 Å². The number of hydrogen-bond acceptors (Lipinski definition) is 3. The SMILES string of the molecule is CN(CC(=O)N[C@@H](Cc1ccccc1)C(=O)O)C(=N)N. The highest BCUT2D eigenvalue weighted by Crippen LogP contribution is 2.03. The van der Waals surface area contributed by atoms with Crippen LogP contribution >= 0.6 is 0 Å². The molecule has 0 saturated carbocycles. The average Bonchev–Trinajstić information content (AvgIpc) is 2.38. The summed E-state index contributed by atoms with van der Waals surface area (Å²) >= 11 is 0. The molecule has 1 aromatic rings. The number of guanidine groups is 1. The van der Waals surface area contributed by atoms with Gasteiger partial charge in [0.25, 0.3) is 0 Å². The Hall–Kier alpha value is -2.57. The summed E-state index contributed by atoms with van der Waals surface area (Å²) in [5.41, 5.74) is 6.03. The lowest BCUT2D eigenvalue weighted by molar-refractivity contribution is -0.141. The lowest BCUT2D eigenvalue weighted by Crippen LogP contribution is -2.47. The number of hydrogen-bond donors (Lipinski definition) is 4. The fourth-order valence-electron chi connectivity index (χ4n) is 1.59. The normalized spacial score (nSPS) is 11.4. The molecule has 0 unspecified atom stereocenters. The lowest BCUT2D eigenvalue weighted by atomic mass is 10.1. The van der Waals surface area contributed by atoms with E-state index in [0.29, 0.717) is 0 Å². The van der Waals surface area contributed by atoms with Crippen LogP contribution in [-0.4, -0.2) is 47.5 Å². The van der Waals surface area contributed by atoms with Crippen molar-refractivity contribution in [3.05, 3.63) is 35.9 Å². The molecule has 1 aromatic carbocycles. The fourth-order valence-corrected chi connectivity index (χ4v) is 1.59. The number of amides is 1. The number of nitrogens with two attached hydrogens (primary N) is 1. The molecule has 5 N–H and O–H groups in total. The summed E-state index contributed by atoms with van der Waals surface area (Å²) in [4.78, 5) is 24.1. The number of aliphatic carboxylic acids is 1. The van der Waals surface area contributed by atoms with E-state index in [-0.39, 0.29) is 18.9 Å². The van der Waals surface area contributed by atoms with Crippen LogP contribution in [-0.2, 0) is 16.0 Å². The first kappa shape index (κ1) is 15.5. The van der Waals surface area contributed by atoms with E-state index in [1.165, 1.54) is 11.9 Å². The number of nitrogens with zero attached hydrogens (tertiary/aromatic N) is 1. The second-order valence-corrected chi connectivity index (χ2v) is 4.39. The standard InChI is InChI=1S/C13H18N4O3/c1-17(13(14)15)8-11(18)16-10(12(19)20)7-9-5-3-2-4-6-9/h2-6,10H,7-8H2,1H3,(H3,14,15)(H,16,18)(H,19,20)/t10-/m0/s1. The largest absolute Gasteiger partial charge is 0.480 e. The van der Waals surface area contributed by atoms with E-state index in [4.69, 9.17) is 16.2 Å². The molecule has 0 spiro atoms. The summed E-state index contributed by atoms with van der Waals surface area (Å²) in [6, 6.07) is 8.03. The zero-order valence-electron chi connectivity index (χ0n) is 11.2. The summed E-state index contributed by atoms with van der Waals surface area (Å²) in [7, 11) is 1.48. The van der Waals surface area contributed by atoms with Crippen molar-refractivity contribution >= 4 is 17.8 Å².